The molecular weight excluding hydrogens is 216 g/mol. The molecule has 100 valence electrons. The standard InChI is InChI=1S/C13H26N2O2/c1-4-12(13(16)17)15(3)10-8-11-7-5-6-9-14(11)2/h11-12H,4-10H2,1-3H3,(H,16,17)/t11-,12-/m0/s1. The molecule has 1 heterocycles. The number of rotatable bonds is 6. The molecular formula is C13H26N2O2. The fraction of sp³-hybridized carbons (Fsp3) is 0.923. The first-order chi connectivity index (χ1) is 8.06. The van der Waals surface area contributed by atoms with Gasteiger partial charge in [0.15, 0.2) is 0 Å². The molecule has 0 bridgehead atoms. The lowest BCUT2D eigenvalue weighted by Crippen LogP contribution is -2.42. The van der Waals surface area contributed by atoms with Crippen LogP contribution in [0.2, 0.25) is 0 Å². The van der Waals surface area contributed by atoms with Crippen LogP contribution in [0.3, 0.4) is 0 Å². The average Bonchev–Trinajstić information content (AvgIpc) is 2.28. The lowest BCUT2D eigenvalue weighted by molar-refractivity contribution is -0.142. The third kappa shape index (κ3) is 4.28. The maximum atomic E-state index is 11.0. The van der Waals surface area contributed by atoms with E-state index in [-0.39, 0.29) is 6.04 Å². The van der Waals surface area contributed by atoms with Crippen molar-refractivity contribution in [3.63, 3.8) is 0 Å². The molecule has 0 radical (unpaired) electrons. The topological polar surface area (TPSA) is 43.8 Å². The van der Waals surface area contributed by atoms with Crippen LogP contribution >= 0.6 is 0 Å². The monoisotopic (exact) mass is 242 g/mol. The fourth-order valence-electron chi connectivity index (χ4n) is 2.69. The highest BCUT2D eigenvalue weighted by Crippen LogP contribution is 2.18. The molecule has 0 spiro atoms. The summed E-state index contributed by atoms with van der Waals surface area (Å²) in [4.78, 5) is 15.4. The summed E-state index contributed by atoms with van der Waals surface area (Å²) in [5.41, 5.74) is 0. The van der Waals surface area contributed by atoms with Crippen molar-refractivity contribution in [3.8, 4) is 0 Å². The van der Waals surface area contributed by atoms with Crippen molar-refractivity contribution >= 4 is 5.97 Å². The number of carboxylic acids is 1. The first-order valence-electron chi connectivity index (χ1n) is 6.69. The van der Waals surface area contributed by atoms with Crippen LogP contribution in [0.25, 0.3) is 0 Å². The highest BCUT2D eigenvalue weighted by atomic mass is 16.4. The second-order valence-electron chi connectivity index (χ2n) is 5.16. The summed E-state index contributed by atoms with van der Waals surface area (Å²) in [7, 11) is 4.10. The highest BCUT2D eigenvalue weighted by Gasteiger charge is 2.23. The van der Waals surface area contributed by atoms with Crippen LogP contribution in [0.15, 0.2) is 0 Å². The number of hydrogen-bond donors (Lipinski definition) is 1. The molecule has 0 unspecified atom stereocenters. The molecule has 0 saturated carbocycles. The van der Waals surface area contributed by atoms with E-state index in [1.165, 1.54) is 25.8 Å². The van der Waals surface area contributed by atoms with Gasteiger partial charge in [-0.1, -0.05) is 13.3 Å². The van der Waals surface area contributed by atoms with E-state index in [2.05, 4.69) is 11.9 Å². The molecule has 1 rings (SSSR count). The van der Waals surface area contributed by atoms with Crippen LogP contribution in [0, 0.1) is 0 Å². The largest absolute Gasteiger partial charge is 0.480 e. The Balaban J connectivity index is 2.35. The van der Waals surface area contributed by atoms with Crippen LogP contribution in [0.4, 0.5) is 0 Å². The Bertz CT molecular complexity index is 246. The minimum absolute atomic E-state index is 0.330. The second kappa shape index (κ2) is 6.97. The summed E-state index contributed by atoms with van der Waals surface area (Å²) in [6, 6.07) is 0.307. The molecule has 0 aliphatic carbocycles. The minimum atomic E-state index is -0.702. The Kier molecular flexibility index (Phi) is 5.92. The number of likely N-dealkylation sites (N-methyl/N-ethyl adjacent to an activating group) is 1. The molecule has 1 saturated heterocycles. The van der Waals surface area contributed by atoms with Crippen molar-refractivity contribution < 1.29 is 9.90 Å². The zero-order valence-electron chi connectivity index (χ0n) is 11.4. The number of likely N-dealkylation sites (tertiary alicyclic amines) is 1. The molecule has 0 amide bonds. The van der Waals surface area contributed by atoms with E-state index in [1.807, 2.05) is 18.9 Å². The Morgan fingerprint density at radius 2 is 2.24 bits per heavy atom. The molecule has 4 nitrogen and oxygen atoms in total. The first kappa shape index (κ1) is 14.5. The molecule has 0 aromatic rings. The molecule has 2 atom stereocenters. The quantitative estimate of drug-likeness (QED) is 0.769. The summed E-state index contributed by atoms with van der Waals surface area (Å²) in [6.07, 6.45) is 5.63. The van der Waals surface area contributed by atoms with Crippen LogP contribution in [0.1, 0.15) is 39.0 Å². The lowest BCUT2D eigenvalue weighted by Gasteiger charge is -2.34. The van der Waals surface area contributed by atoms with Crippen LogP contribution in [0.5, 0.6) is 0 Å². The predicted molar refractivity (Wildman–Crippen MR) is 69.2 cm³/mol. The number of carbonyl (C=O) groups is 1. The van der Waals surface area contributed by atoms with Gasteiger partial charge in [-0.2, -0.15) is 0 Å². The number of piperidine rings is 1. The summed E-state index contributed by atoms with van der Waals surface area (Å²) < 4.78 is 0. The Hall–Kier alpha value is -0.610. The van der Waals surface area contributed by atoms with Gasteiger partial charge in [0.1, 0.15) is 6.04 Å². The van der Waals surface area contributed by atoms with E-state index in [0.29, 0.717) is 12.5 Å². The van der Waals surface area contributed by atoms with E-state index in [4.69, 9.17) is 5.11 Å². The highest BCUT2D eigenvalue weighted by molar-refractivity contribution is 5.73. The molecule has 1 fully saturated rings. The molecule has 0 aromatic heterocycles. The molecule has 17 heavy (non-hydrogen) atoms. The van der Waals surface area contributed by atoms with Gasteiger partial charge in [0.25, 0.3) is 0 Å². The summed E-state index contributed by atoms with van der Waals surface area (Å²) >= 11 is 0. The maximum absolute atomic E-state index is 11.0. The van der Waals surface area contributed by atoms with Crippen LogP contribution in [-0.4, -0.2) is 60.1 Å². The van der Waals surface area contributed by atoms with Crippen LogP contribution < -0.4 is 0 Å². The number of hydrogen-bond acceptors (Lipinski definition) is 3. The summed E-state index contributed by atoms with van der Waals surface area (Å²) in [5.74, 6) is -0.702. The lowest BCUT2D eigenvalue weighted by atomic mass is 9.99. The van der Waals surface area contributed by atoms with Gasteiger partial charge in [-0.05, 0) is 46.3 Å². The molecule has 0 aromatic carbocycles. The summed E-state index contributed by atoms with van der Waals surface area (Å²) in [6.45, 7) is 3.99. The molecule has 4 heteroatoms. The van der Waals surface area contributed by atoms with Gasteiger partial charge in [0.2, 0.25) is 0 Å². The van der Waals surface area contributed by atoms with E-state index in [0.717, 1.165) is 13.0 Å². The smallest absolute Gasteiger partial charge is 0.320 e. The zero-order valence-corrected chi connectivity index (χ0v) is 11.4. The molecule has 1 aliphatic heterocycles. The van der Waals surface area contributed by atoms with Crippen molar-refractivity contribution in [2.45, 2.75) is 51.1 Å². The molecule has 1 N–H and O–H groups in total. The van der Waals surface area contributed by atoms with E-state index >= 15 is 0 Å². The van der Waals surface area contributed by atoms with E-state index in [9.17, 15) is 4.79 Å². The van der Waals surface area contributed by atoms with Crippen molar-refractivity contribution in [1.29, 1.82) is 0 Å². The van der Waals surface area contributed by atoms with Gasteiger partial charge in [-0.15, -0.1) is 0 Å². The third-order valence-corrected chi connectivity index (χ3v) is 3.94. The average molecular weight is 242 g/mol. The zero-order chi connectivity index (χ0) is 12.8. The predicted octanol–water partition coefficient (Wildman–Crippen LogP) is 1.66. The SMILES string of the molecule is CC[C@@H](C(=O)O)N(C)CC[C@@H]1CCCCN1C. The van der Waals surface area contributed by atoms with Gasteiger partial charge in [-0.3, -0.25) is 9.69 Å². The minimum Gasteiger partial charge on any atom is -0.480 e. The van der Waals surface area contributed by atoms with Crippen molar-refractivity contribution in [3.05, 3.63) is 0 Å². The normalized spacial score (nSPS) is 23.9. The van der Waals surface area contributed by atoms with Gasteiger partial charge in [0.05, 0.1) is 0 Å². The van der Waals surface area contributed by atoms with Gasteiger partial charge in [-0.25, -0.2) is 0 Å². The first-order valence-corrected chi connectivity index (χ1v) is 6.69. The number of carboxylic acid groups (broad SMARTS) is 1. The fourth-order valence-corrected chi connectivity index (χ4v) is 2.69. The Labute approximate surface area is 105 Å². The maximum Gasteiger partial charge on any atom is 0.320 e. The molecule has 1 aliphatic rings. The second-order valence-corrected chi connectivity index (χ2v) is 5.16. The van der Waals surface area contributed by atoms with Crippen molar-refractivity contribution in [2.75, 3.05) is 27.2 Å². The van der Waals surface area contributed by atoms with Gasteiger partial charge < -0.3 is 10.0 Å². The van der Waals surface area contributed by atoms with E-state index in [1.54, 1.807) is 0 Å². The van der Waals surface area contributed by atoms with Crippen molar-refractivity contribution in [2.24, 2.45) is 0 Å². The van der Waals surface area contributed by atoms with Crippen molar-refractivity contribution in [1.82, 2.24) is 9.80 Å². The number of aliphatic carboxylic acids is 1. The Morgan fingerprint density at radius 1 is 1.53 bits per heavy atom. The summed E-state index contributed by atoms with van der Waals surface area (Å²) in [5, 5.41) is 9.08. The third-order valence-electron chi connectivity index (χ3n) is 3.94. The van der Waals surface area contributed by atoms with Gasteiger partial charge in [0, 0.05) is 12.6 Å². The van der Waals surface area contributed by atoms with E-state index < -0.39 is 5.97 Å². The van der Waals surface area contributed by atoms with Gasteiger partial charge >= 0.3 is 5.97 Å². The number of nitrogens with zero attached hydrogens (tertiary/aromatic N) is 2. The Morgan fingerprint density at radius 3 is 2.76 bits per heavy atom. The van der Waals surface area contributed by atoms with Crippen LogP contribution in [-0.2, 0) is 4.79 Å².